The van der Waals surface area contributed by atoms with Gasteiger partial charge in [0.25, 0.3) is 5.60 Å². The van der Waals surface area contributed by atoms with Crippen molar-refractivity contribution >= 4 is 17.7 Å². The highest BCUT2D eigenvalue weighted by atomic mass is 32.2. The summed E-state index contributed by atoms with van der Waals surface area (Å²) in [6.07, 6.45) is -4.46. The predicted molar refractivity (Wildman–Crippen MR) is 103 cm³/mol. The Hall–Kier alpha value is -1.99. The lowest BCUT2D eigenvalue weighted by molar-refractivity contribution is -0.278. The molecule has 0 saturated carbocycles. The molecule has 28 heavy (non-hydrogen) atoms. The van der Waals surface area contributed by atoms with Crippen molar-refractivity contribution in [2.45, 2.75) is 42.5 Å². The van der Waals surface area contributed by atoms with Crippen LogP contribution in [0.25, 0.3) is 0 Å². The Bertz CT molecular complexity index is 738. The van der Waals surface area contributed by atoms with Crippen LogP contribution in [0.5, 0.6) is 0 Å². The number of halogens is 3. The third-order valence-corrected chi connectivity index (χ3v) is 5.35. The number of hydrogen-bond acceptors (Lipinski definition) is 4. The highest BCUT2D eigenvalue weighted by Gasteiger charge is 2.64. The van der Waals surface area contributed by atoms with Gasteiger partial charge in [0.1, 0.15) is 0 Å². The first-order valence-electron chi connectivity index (χ1n) is 8.87. The quantitative estimate of drug-likeness (QED) is 0.305. The van der Waals surface area contributed by atoms with Crippen LogP contribution in [0.1, 0.15) is 25.3 Å². The molecule has 0 saturated heterocycles. The van der Waals surface area contributed by atoms with E-state index in [2.05, 4.69) is 0 Å². The molecule has 0 fully saturated rings. The smallest absolute Gasteiger partial charge is 0.432 e. The van der Waals surface area contributed by atoms with Crippen LogP contribution < -0.4 is 0 Å². The molecule has 0 aliphatic rings. The van der Waals surface area contributed by atoms with E-state index in [1.807, 2.05) is 30.3 Å². The first kappa shape index (κ1) is 22.3. The number of alkyl halides is 3. The van der Waals surface area contributed by atoms with E-state index in [4.69, 9.17) is 9.47 Å². The highest BCUT2D eigenvalue weighted by molar-refractivity contribution is 7.99. The Morgan fingerprint density at radius 2 is 1.61 bits per heavy atom. The van der Waals surface area contributed by atoms with Crippen LogP contribution in [0.2, 0.25) is 0 Å². The van der Waals surface area contributed by atoms with Gasteiger partial charge in [-0.25, -0.2) is 4.79 Å². The maximum absolute atomic E-state index is 13.8. The molecule has 0 aromatic heterocycles. The molecule has 152 valence electrons. The van der Waals surface area contributed by atoms with E-state index >= 15 is 0 Å². The second kappa shape index (κ2) is 9.98. The third kappa shape index (κ3) is 5.29. The van der Waals surface area contributed by atoms with Crippen molar-refractivity contribution < 1.29 is 27.4 Å². The molecule has 0 heterocycles. The number of hydrogen-bond donors (Lipinski definition) is 0. The number of rotatable bonds is 9. The van der Waals surface area contributed by atoms with E-state index in [0.717, 1.165) is 17.8 Å². The molecular formula is C21H23F3O3S. The first-order chi connectivity index (χ1) is 13.3. The summed E-state index contributed by atoms with van der Waals surface area (Å²) in [5.74, 6) is -0.670. The standard InChI is InChI=1S/C21H23F3O3S/c1-16(10-9-15-28-18-13-7-4-8-14-18)27-19(25)20(26-2,21(22,23)24)17-11-5-3-6-12-17/h3-8,11-14,16H,9-10,15H2,1-2H3/t16-,20+/m0/s1. The van der Waals surface area contributed by atoms with Crippen molar-refractivity contribution in [3.8, 4) is 0 Å². The van der Waals surface area contributed by atoms with Crippen LogP contribution >= 0.6 is 11.8 Å². The predicted octanol–water partition coefficient (Wildman–Crippen LogP) is 5.59. The van der Waals surface area contributed by atoms with Gasteiger partial charge in [0.05, 0.1) is 6.10 Å². The van der Waals surface area contributed by atoms with Gasteiger partial charge in [-0.05, 0) is 37.7 Å². The Labute approximate surface area is 167 Å². The minimum absolute atomic E-state index is 0.304. The van der Waals surface area contributed by atoms with Gasteiger partial charge < -0.3 is 9.47 Å². The molecule has 0 unspecified atom stereocenters. The molecule has 0 radical (unpaired) electrons. The average molecular weight is 412 g/mol. The summed E-state index contributed by atoms with van der Waals surface area (Å²) in [4.78, 5) is 13.7. The Balaban J connectivity index is 1.99. The number of carbonyl (C=O) groups excluding carboxylic acids is 1. The first-order valence-corrected chi connectivity index (χ1v) is 9.86. The fourth-order valence-corrected chi connectivity index (χ4v) is 3.69. The summed E-state index contributed by atoms with van der Waals surface area (Å²) in [6, 6.07) is 16.6. The van der Waals surface area contributed by atoms with Crippen LogP contribution in [-0.2, 0) is 19.9 Å². The molecule has 3 nitrogen and oxygen atoms in total. The molecule has 2 aromatic carbocycles. The largest absolute Gasteiger partial charge is 0.460 e. The number of thioether (sulfide) groups is 1. The normalized spacial score (nSPS) is 14.9. The van der Waals surface area contributed by atoms with E-state index in [0.29, 0.717) is 12.8 Å². The maximum Gasteiger partial charge on any atom is 0.432 e. The van der Waals surface area contributed by atoms with Crippen molar-refractivity contribution in [1.29, 1.82) is 0 Å². The van der Waals surface area contributed by atoms with Gasteiger partial charge in [-0.15, -0.1) is 11.8 Å². The summed E-state index contributed by atoms with van der Waals surface area (Å²) >= 11 is 1.65. The lowest BCUT2D eigenvalue weighted by Gasteiger charge is -2.33. The highest BCUT2D eigenvalue weighted by Crippen LogP contribution is 2.43. The maximum atomic E-state index is 13.8. The molecule has 2 rings (SSSR count). The van der Waals surface area contributed by atoms with Crippen molar-refractivity contribution in [2.75, 3.05) is 12.9 Å². The fourth-order valence-electron chi connectivity index (χ4n) is 2.79. The van der Waals surface area contributed by atoms with Crippen molar-refractivity contribution in [2.24, 2.45) is 0 Å². The van der Waals surface area contributed by atoms with Crippen molar-refractivity contribution in [3.63, 3.8) is 0 Å². The van der Waals surface area contributed by atoms with E-state index in [1.54, 1.807) is 24.8 Å². The molecule has 2 atom stereocenters. The van der Waals surface area contributed by atoms with Crippen molar-refractivity contribution in [1.82, 2.24) is 0 Å². The van der Waals surface area contributed by atoms with Gasteiger partial charge in [0, 0.05) is 17.6 Å². The van der Waals surface area contributed by atoms with Crippen LogP contribution in [0.15, 0.2) is 65.6 Å². The Morgan fingerprint density at radius 1 is 1.04 bits per heavy atom. The Morgan fingerprint density at radius 3 is 2.14 bits per heavy atom. The fraction of sp³-hybridized carbons (Fsp3) is 0.381. The molecule has 0 aliphatic carbocycles. The molecule has 0 bridgehead atoms. The number of esters is 1. The number of carbonyl (C=O) groups is 1. The van der Waals surface area contributed by atoms with Crippen LogP contribution in [0.3, 0.4) is 0 Å². The molecule has 0 aliphatic heterocycles. The minimum atomic E-state index is -4.96. The zero-order valence-corrected chi connectivity index (χ0v) is 16.6. The topological polar surface area (TPSA) is 35.5 Å². The lowest BCUT2D eigenvalue weighted by atomic mass is 9.92. The van der Waals surface area contributed by atoms with Gasteiger partial charge in [-0.2, -0.15) is 13.2 Å². The number of benzene rings is 2. The zero-order valence-electron chi connectivity index (χ0n) is 15.7. The van der Waals surface area contributed by atoms with E-state index in [1.165, 1.54) is 24.3 Å². The SMILES string of the molecule is CO[C@@](C(=O)O[C@@H](C)CCCSc1ccccc1)(c1ccccc1)C(F)(F)F. The van der Waals surface area contributed by atoms with Crippen LogP contribution in [-0.4, -0.2) is 31.1 Å². The summed E-state index contributed by atoms with van der Waals surface area (Å²) < 4.78 is 51.4. The number of methoxy groups -OCH3 is 1. The molecule has 2 aromatic rings. The van der Waals surface area contributed by atoms with Crippen LogP contribution in [0.4, 0.5) is 13.2 Å². The van der Waals surface area contributed by atoms with Crippen LogP contribution in [0, 0.1) is 0 Å². The lowest BCUT2D eigenvalue weighted by Crippen LogP contribution is -2.52. The second-order valence-electron chi connectivity index (χ2n) is 6.27. The summed E-state index contributed by atoms with van der Waals surface area (Å²) in [5.41, 5.74) is -3.44. The molecular weight excluding hydrogens is 389 g/mol. The van der Waals surface area contributed by atoms with E-state index < -0.39 is 23.9 Å². The molecule has 7 heteroatoms. The van der Waals surface area contributed by atoms with Gasteiger partial charge in [0.2, 0.25) is 0 Å². The van der Waals surface area contributed by atoms with E-state index in [9.17, 15) is 18.0 Å². The zero-order chi connectivity index (χ0) is 20.6. The van der Waals surface area contributed by atoms with Gasteiger partial charge in [-0.3, -0.25) is 0 Å². The summed E-state index contributed by atoms with van der Waals surface area (Å²) in [5, 5.41) is 0. The Kier molecular flexibility index (Phi) is 7.95. The summed E-state index contributed by atoms with van der Waals surface area (Å²) in [6.45, 7) is 1.59. The average Bonchev–Trinajstić information content (AvgIpc) is 2.67. The monoisotopic (exact) mass is 412 g/mol. The van der Waals surface area contributed by atoms with Gasteiger partial charge >= 0.3 is 12.1 Å². The molecule has 0 spiro atoms. The van der Waals surface area contributed by atoms with E-state index in [-0.39, 0.29) is 5.56 Å². The van der Waals surface area contributed by atoms with Crippen molar-refractivity contribution in [3.05, 3.63) is 66.2 Å². The summed E-state index contributed by atoms with van der Waals surface area (Å²) in [7, 11) is 0.864. The van der Waals surface area contributed by atoms with Gasteiger partial charge in [-0.1, -0.05) is 48.5 Å². The minimum Gasteiger partial charge on any atom is -0.460 e. The molecule has 0 amide bonds. The van der Waals surface area contributed by atoms with Gasteiger partial charge in [0.15, 0.2) is 0 Å². The molecule has 0 N–H and O–H groups in total. The second-order valence-corrected chi connectivity index (χ2v) is 7.44. The number of ether oxygens (including phenoxy) is 2. The third-order valence-electron chi connectivity index (χ3n) is 4.25.